The molecule has 0 N–H and O–H groups in total. The van der Waals surface area contributed by atoms with Crippen LogP contribution in [0.2, 0.25) is 0 Å². The van der Waals surface area contributed by atoms with E-state index in [9.17, 15) is 4.39 Å². The van der Waals surface area contributed by atoms with Crippen LogP contribution in [-0.4, -0.2) is 26.2 Å². The van der Waals surface area contributed by atoms with E-state index in [2.05, 4.69) is 21.2 Å². The average molecular weight is 326 g/mol. The summed E-state index contributed by atoms with van der Waals surface area (Å²) in [6, 6.07) is 6.57. The molecule has 6 heteroatoms. The lowest BCUT2D eigenvalue weighted by Crippen LogP contribution is -2.22. The first-order valence-electron chi connectivity index (χ1n) is 8.12. The van der Waals surface area contributed by atoms with Gasteiger partial charge in [-0.1, -0.05) is 0 Å². The van der Waals surface area contributed by atoms with Gasteiger partial charge in [-0.2, -0.15) is 5.10 Å². The Labute approximate surface area is 139 Å². The molecule has 0 saturated carbocycles. The molecule has 0 spiro atoms. The molecule has 3 heterocycles. The molecule has 5 nitrogen and oxygen atoms in total. The van der Waals surface area contributed by atoms with E-state index in [1.807, 2.05) is 17.9 Å². The fourth-order valence-electron chi connectivity index (χ4n) is 3.32. The van der Waals surface area contributed by atoms with Crippen LogP contribution in [0.25, 0.3) is 11.5 Å². The van der Waals surface area contributed by atoms with E-state index >= 15 is 0 Å². The largest absolute Gasteiger partial charge is 0.444 e. The maximum Gasteiger partial charge on any atom is 0.226 e. The van der Waals surface area contributed by atoms with E-state index in [1.165, 1.54) is 24.1 Å². The number of rotatable bonds is 4. The van der Waals surface area contributed by atoms with E-state index in [-0.39, 0.29) is 5.82 Å². The minimum atomic E-state index is -0.262. The number of benzene rings is 1. The Morgan fingerprint density at radius 1 is 1.29 bits per heavy atom. The van der Waals surface area contributed by atoms with Crippen molar-refractivity contribution >= 4 is 0 Å². The summed E-state index contributed by atoms with van der Waals surface area (Å²) >= 11 is 0. The predicted octanol–water partition coefficient (Wildman–Crippen LogP) is 3.55. The molecular weight excluding hydrogens is 307 g/mol. The number of hydrogen-bond acceptors (Lipinski definition) is 4. The fourth-order valence-corrected chi connectivity index (χ4v) is 3.32. The van der Waals surface area contributed by atoms with Crippen LogP contribution in [0, 0.1) is 5.82 Å². The number of hydrogen-bond donors (Lipinski definition) is 0. The van der Waals surface area contributed by atoms with Crippen molar-refractivity contribution in [3.8, 4) is 11.5 Å². The van der Waals surface area contributed by atoms with Gasteiger partial charge >= 0.3 is 0 Å². The van der Waals surface area contributed by atoms with Crippen LogP contribution in [0.1, 0.15) is 30.1 Å². The Kier molecular flexibility index (Phi) is 3.90. The average Bonchev–Trinajstić information content (AvgIpc) is 3.30. The summed E-state index contributed by atoms with van der Waals surface area (Å²) in [6.07, 6.45) is 8.01. The topological polar surface area (TPSA) is 47.1 Å². The number of likely N-dealkylation sites (tertiary alicyclic amines) is 1. The van der Waals surface area contributed by atoms with Gasteiger partial charge in [0, 0.05) is 37.0 Å². The molecule has 1 atom stereocenters. The molecule has 24 heavy (non-hydrogen) atoms. The summed E-state index contributed by atoms with van der Waals surface area (Å²) in [5, 5.41) is 4.28. The van der Waals surface area contributed by atoms with Gasteiger partial charge < -0.3 is 4.42 Å². The SMILES string of the molecule is Cn1cc([C@H]2CCCN2Cc2coc(-c3ccc(F)cc3)n2)cn1. The summed E-state index contributed by atoms with van der Waals surface area (Å²) in [4.78, 5) is 6.96. The summed E-state index contributed by atoms with van der Waals surface area (Å²) < 4.78 is 20.4. The first-order valence-corrected chi connectivity index (χ1v) is 8.12. The summed E-state index contributed by atoms with van der Waals surface area (Å²) in [5.41, 5.74) is 2.93. The molecule has 0 radical (unpaired) electrons. The third-order valence-corrected chi connectivity index (χ3v) is 4.48. The number of aryl methyl sites for hydroxylation is 1. The number of oxazole rings is 1. The summed E-state index contributed by atoms with van der Waals surface area (Å²) in [7, 11) is 1.94. The molecule has 0 unspecified atom stereocenters. The minimum absolute atomic E-state index is 0.262. The fraction of sp³-hybridized carbons (Fsp3) is 0.333. The normalized spacial score (nSPS) is 18.3. The van der Waals surface area contributed by atoms with E-state index in [1.54, 1.807) is 18.4 Å². The smallest absolute Gasteiger partial charge is 0.226 e. The van der Waals surface area contributed by atoms with E-state index in [4.69, 9.17) is 4.42 Å². The second kappa shape index (κ2) is 6.20. The molecule has 0 bridgehead atoms. The van der Waals surface area contributed by atoms with Gasteiger partial charge in [0.2, 0.25) is 5.89 Å². The van der Waals surface area contributed by atoms with E-state index in [0.717, 1.165) is 30.8 Å². The monoisotopic (exact) mass is 326 g/mol. The Bertz CT molecular complexity index is 824. The van der Waals surface area contributed by atoms with Crippen molar-refractivity contribution in [2.45, 2.75) is 25.4 Å². The van der Waals surface area contributed by atoms with Crippen molar-refractivity contribution in [3.63, 3.8) is 0 Å². The number of aromatic nitrogens is 3. The maximum absolute atomic E-state index is 13.0. The molecule has 1 aromatic carbocycles. The molecule has 1 saturated heterocycles. The van der Waals surface area contributed by atoms with E-state index < -0.39 is 0 Å². The van der Waals surface area contributed by atoms with Crippen LogP contribution in [0.5, 0.6) is 0 Å². The second-order valence-corrected chi connectivity index (χ2v) is 6.23. The van der Waals surface area contributed by atoms with Gasteiger partial charge in [-0.25, -0.2) is 9.37 Å². The highest BCUT2D eigenvalue weighted by molar-refractivity contribution is 5.52. The van der Waals surface area contributed by atoms with Crippen LogP contribution in [0.15, 0.2) is 47.3 Å². The zero-order valence-electron chi connectivity index (χ0n) is 13.5. The van der Waals surface area contributed by atoms with E-state index in [0.29, 0.717) is 11.9 Å². The van der Waals surface area contributed by atoms with Gasteiger partial charge in [0.1, 0.15) is 12.1 Å². The number of nitrogens with zero attached hydrogens (tertiary/aromatic N) is 4. The van der Waals surface area contributed by atoms with Crippen molar-refractivity contribution in [1.29, 1.82) is 0 Å². The van der Waals surface area contributed by atoms with Crippen LogP contribution >= 0.6 is 0 Å². The molecule has 2 aromatic heterocycles. The van der Waals surface area contributed by atoms with Crippen LogP contribution < -0.4 is 0 Å². The minimum Gasteiger partial charge on any atom is -0.444 e. The second-order valence-electron chi connectivity index (χ2n) is 6.23. The van der Waals surface area contributed by atoms with Gasteiger partial charge in [0.05, 0.1) is 11.9 Å². The van der Waals surface area contributed by atoms with Crippen LogP contribution in [-0.2, 0) is 13.6 Å². The predicted molar refractivity (Wildman–Crippen MR) is 87.5 cm³/mol. The molecule has 1 fully saturated rings. The van der Waals surface area contributed by atoms with Crippen molar-refractivity contribution in [2.24, 2.45) is 7.05 Å². The van der Waals surface area contributed by atoms with Crippen molar-refractivity contribution in [1.82, 2.24) is 19.7 Å². The van der Waals surface area contributed by atoms with Crippen LogP contribution in [0.3, 0.4) is 0 Å². The Morgan fingerprint density at radius 3 is 2.88 bits per heavy atom. The van der Waals surface area contributed by atoms with Crippen molar-refractivity contribution in [2.75, 3.05) is 6.54 Å². The summed E-state index contributed by atoms with van der Waals surface area (Å²) in [5.74, 6) is 0.268. The van der Waals surface area contributed by atoms with Crippen molar-refractivity contribution in [3.05, 3.63) is 60.0 Å². The van der Waals surface area contributed by atoms with Gasteiger partial charge in [0.25, 0.3) is 0 Å². The highest BCUT2D eigenvalue weighted by atomic mass is 19.1. The molecule has 1 aliphatic rings. The van der Waals surface area contributed by atoms with Crippen molar-refractivity contribution < 1.29 is 8.81 Å². The lowest BCUT2D eigenvalue weighted by molar-refractivity contribution is 0.245. The maximum atomic E-state index is 13.0. The molecule has 3 aromatic rings. The van der Waals surface area contributed by atoms with Crippen LogP contribution in [0.4, 0.5) is 4.39 Å². The third kappa shape index (κ3) is 2.97. The van der Waals surface area contributed by atoms with Gasteiger partial charge in [-0.05, 0) is 43.7 Å². The lowest BCUT2D eigenvalue weighted by atomic mass is 10.1. The quantitative estimate of drug-likeness (QED) is 0.735. The highest BCUT2D eigenvalue weighted by Gasteiger charge is 2.27. The molecule has 1 aliphatic heterocycles. The molecular formula is C18H19FN4O. The first kappa shape index (κ1) is 15.1. The molecule has 0 aliphatic carbocycles. The molecule has 0 amide bonds. The Balaban J connectivity index is 1.50. The number of halogens is 1. The summed E-state index contributed by atoms with van der Waals surface area (Å²) in [6.45, 7) is 1.78. The lowest BCUT2D eigenvalue weighted by Gasteiger charge is -2.22. The zero-order chi connectivity index (χ0) is 16.5. The first-order chi connectivity index (χ1) is 11.7. The molecule has 4 rings (SSSR count). The highest BCUT2D eigenvalue weighted by Crippen LogP contribution is 2.33. The molecule has 124 valence electrons. The third-order valence-electron chi connectivity index (χ3n) is 4.48. The Hall–Kier alpha value is -2.47. The van der Waals surface area contributed by atoms with Gasteiger partial charge in [-0.3, -0.25) is 9.58 Å². The zero-order valence-corrected chi connectivity index (χ0v) is 13.5. The van der Waals surface area contributed by atoms with Gasteiger partial charge in [0.15, 0.2) is 0 Å². The van der Waals surface area contributed by atoms with Gasteiger partial charge in [-0.15, -0.1) is 0 Å². The standard InChI is InChI=1S/C18H19FN4O/c1-22-10-14(9-20-22)17-3-2-8-23(17)11-16-12-24-18(21-16)13-4-6-15(19)7-5-13/h4-7,9-10,12,17H,2-3,8,11H2,1H3/t17-/m1/s1. The Morgan fingerprint density at radius 2 is 2.12 bits per heavy atom.